The molecule has 0 spiro atoms. The van der Waals surface area contributed by atoms with Crippen molar-refractivity contribution >= 4 is 22.7 Å². The molecule has 2 aromatic heterocycles. The lowest BCUT2D eigenvalue weighted by Crippen LogP contribution is -2.22. The van der Waals surface area contributed by atoms with Crippen LogP contribution in [0.1, 0.15) is 56.0 Å². The second kappa shape index (κ2) is 11.5. The van der Waals surface area contributed by atoms with Gasteiger partial charge in [0.1, 0.15) is 11.4 Å². The Morgan fingerprint density at radius 3 is 2.38 bits per heavy atom. The van der Waals surface area contributed by atoms with Crippen LogP contribution in [0.15, 0.2) is 85.1 Å². The Kier molecular flexibility index (Phi) is 7.97. The fourth-order valence-corrected chi connectivity index (χ4v) is 4.90. The minimum atomic E-state index is -4.35. The molecule has 0 aliphatic heterocycles. The average molecular weight is 574 g/mol. The SMILES string of the molecule is CC(c1cccc2nc(Nc3cccnc3Oc3ccccc3C(C)(C)C)[nH]c12)N(C)Cc1ccc(C(F)(F)F)cc1. The maximum Gasteiger partial charge on any atom is 0.416 e. The summed E-state index contributed by atoms with van der Waals surface area (Å²) >= 11 is 0. The number of aromatic amines is 1. The molecule has 218 valence electrons. The molecular formula is C33H34F3N5O. The van der Waals surface area contributed by atoms with Crippen LogP contribution in [-0.4, -0.2) is 26.9 Å². The average Bonchev–Trinajstić information content (AvgIpc) is 3.36. The van der Waals surface area contributed by atoms with Crippen molar-refractivity contribution in [3.05, 3.63) is 107 Å². The number of hydrogen-bond acceptors (Lipinski definition) is 5. The van der Waals surface area contributed by atoms with Gasteiger partial charge < -0.3 is 15.0 Å². The fourth-order valence-electron chi connectivity index (χ4n) is 4.90. The number of nitrogens with zero attached hydrogens (tertiary/aromatic N) is 3. The van der Waals surface area contributed by atoms with Crippen molar-refractivity contribution in [1.29, 1.82) is 0 Å². The van der Waals surface area contributed by atoms with Crippen molar-refractivity contribution in [1.82, 2.24) is 19.9 Å². The van der Waals surface area contributed by atoms with Gasteiger partial charge in [-0.2, -0.15) is 13.2 Å². The van der Waals surface area contributed by atoms with E-state index in [4.69, 9.17) is 9.72 Å². The van der Waals surface area contributed by atoms with E-state index in [9.17, 15) is 13.2 Å². The van der Waals surface area contributed by atoms with Gasteiger partial charge in [0.05, 0.1) is 16.6 Å². The first-order valence-electron chi connectivity index (χ1n) is 13.7. The molecule has 9 heteroatoms. The Labute approximate surface area is 243 Å². The Morgan fingerprint density at radius 1 is 0.929 bits per heavy atom. The van der Waals surface area contributed by atoms with Gasteiger partial charge in [0.25, 0.3) is 0 Å². The molecular weight excluding hydrogens is 539 g/mol. The summed E-state index contributed by atoms with van der Waals surface area (Å²) in [6.07, 6.45) is -2.66. The van der Waals surface area contributed by atoms with Crippen LogP contribution in [0.2, 0.25) is 0 Å². The number of anilines is 2. The number of H-pyrrole nitrogens is 1. The first kappa shape index (κ1) is 29.1. The van der Waals surface area contributed by atoms with Gasteiger partial charge in [0, 0.05) is 24.3 Å². The summed E-state index contributed by atoms with van der Waals surface area (Å²) in [4.78, 5) is 14.7. The Bertz CT molecular complexity index is 1670. The first-order chi connectivity index (χ1) is 19.9. The summed E-state index contributed by atoms with van der Waals surface area (Å²) in [7, 11) is 1.95. The number of benzene rings is 3. The second-order valence-electron chi connectivity index (χ2n) is 11.4. The molecule has 0 saturated carbocycles. The third kappa shape index (κ3) is 6.41. The number of para-hydroxylation sites is 2. The van der Waals surface area contributed by atoms with Gasteiger partial charge in [0.15, 0.2) is 0 Å². The van der Waals surface area contributed by atoms with Gasteiger partial charge in [-0.1, -0.05) is 63.2 Å². The van der Waals surface area contributed by atoms with Crippen molar-refractivity contribution in [2.75, 3.05) is 12.4 Å². The number of nitrogens with one attached hydrogen (secondary N) is 2. The summed E-state index contributed by atoms with van der Waals surface area (Å²) < 4.78 is 45.2. The summed E-state index contributed by atoms with van der Waals surface area (Å²) in [5, 5.41) is 3.33. The monoisotopic (exact) mass is 573 g/mol. The third-order valence-electron chi connectivity index (χ3n) is 7.30. The quantitative estimate of drug-likeness (QED) is 0.194. The minimum absolute atomic E-state index is 0.0459. The van der Waals surface area contributed by atoms with Crippen molar-refractivity contribution in [3.63, 3.8) is 0 Å². The van der Waals surface area contributed by atoms with Crippen LogP contribution >= 0.6 is 0 Å². The predicted octanol–water partition coefficient (Wildman–Crippen LogP) is 9.00. The first-order valence-corrected chi connectivity index (χ1v) is 13.7. The van der Waals surface area contributed by atoms with E-state index in [1.807, 2.05) is 55.6 Å². The van der Waals surface area contributed by atoms with E-state index in [0.29, 0.717) is 24.1 Å². The number of fused-ring (bicyclic) bond motifs is 1. The van der Waals surface area contributed by atoms with Crippen molar-refractivity contribution < 1.29 is 17.9 Å². The Morgan fingerprint density at radius 2 is 1.67 bits per heavy atom. The van der Waals surface area contributed by atoms with E-state index < -0.39 is 11.7 Å². The number of rotatable bonds is 8. The van der Waals surface area contributed by atoms with E-state index in [0.717, 1.165) is 45.6 Å². The van der Waals surface area contributed by atoms with Gasteiger partial charge in [-0.3, -0.25) is 4.90 Å². The van der Waals surface area contributed by atoms with Crippen LogP contribution in [0.5, 0.6) is 11.6 Å². The lowest BCUT2D eigenvalue weighted by atomic mass is 9.86. The number of pyridine rings is 1. The summed E-state index contributed by atoms with van der Waals surface area (Å²) in [6.45, 7) is 8.97. The van der Waals surface area contributed by atoms with Crippen molar-refractivity contribution in [2.24, 2.45) is 0 Å². The number of hydrogen-bond donors (Lipinski definition) is 2. The van der Waals surface area contributed by atoms with Crippen molar-refractivity contribution in [2.45, 2.75) is 51.9 Å². The fraction of sp³-hybridized carbons (Fsp3) is 0.273. The van der Waals surface area contributed by atoms with Crippen LogP contribution in [0.3, 0.4) is 0 Å². The zero-order chi connectivity index (χ0) is 30.1. The number of alkyl halides is 3. The highest BCUT2D eigenvalue weighted by Gasteiger charge is 2.30. The topological polar surface area (TPSA) is 66.1 Å². The van der Waals surface area contributed by atoms with Crippen LogP contribution < -0.4 is 10.1 Å². The zero-order valence-electron chi connectivity index (χ0n) is 24.3. The van der Waals surface area contributed by atoms with Crippen LogP contribution in [0, 0.1) is 0 Å². The van der Waals surface area contributed by atoms with E-state index in [1.165, 1.54) is 12.1 Å². The number of ether oxygens (including phenoxy) is 1. The molecule has 0 radical (unpaired) electrons. The normalized spacial score (nSPS) is 13.0. The molecule has 1 unspecified atom stereocenters. The summed E-state index contributed by atoms with van der Waals surface area (Å²) in [5.41, 5.74) is 4.46. The molecule has 2 N–H and O–H groups in total. The smallest absolute Gasteiger partial charge is 0.416 e. The second-order valence-corrected chi connectivity index (χ2v) is 11.4. The molecule has 0 fully saturated rings. The number of halogens is 3. The highest BCUT2D eigenvalue weighted by molar-refractivity contribution is 5.82. The zero-order valence-corrected chi connectivity index (χ0v) is 24.3. The van der Waals surface area contributed by atoms with Crippen LogP contribution in [-0.2, 0) is 18.1 Å². The molecule has 0 saturated heterocycles. The maximum absolute atomic E-state index is 13.0. The minimum Gasteiger partial charge on any atom is -0.437 e. The Balaban J connectivity index is 1.37. The highest BCUT2D eigenvalue weighted by Crippen LogP contribution is 2.37. The maximum atomic E-state index is 13.0. The summed E-state index contributed by atoms with van der Waals surface area (Å²) in [5.74, 6) is 1.71. The highest BCUT2D eigenvalue weighted by atomic mass is 19.4. The van der Waals surface area contributed by atoms with Crippen molar-refractivity contribution in [3.8, 4) is 11.6 Å². The van der Waals surface area contributed by atoms with E-state index in [-0.39, 0.29) is 11.5 Å². The molecule has 1 atom stereocenters. The number of aromatic nitrogens is 3. The number of imidazole rings is 1. The van der Waals surface area contributed by atoms with Crippen LogP contribution in [0.4, 0.5) is 24.8 Å². The molecule has 42 heavy (non-hydrogen) atoms. The molecule has 0 bridgehead atoms. The van der Waals surface area contributed by atoms with Gasteiger partial charge in [-0.05, 0) is 66.9 Å². The van der Waals surface area contributed by atoms with E-state index >= 15 is 0 Å². The predicted molar refractivity (Wildman–Crippen MR) is 160 cm³/mol. The molecule has 0 amide bonds. The molecule has 6 nitrogen and oxygen atoms in total. The van der Waals surface area contributed by atoms with Gasteiger partial charge in [-0.15, -0.1) is 0 Å². The molecule has 3 aromatic carbocycles. The molecule has 5 rings (SSSR count). The summed E-state index contributed by atoms with van der Waals surface area (Å²) in [6, 6.07) is 22.8. The molecule has 5 aromatic rings. The Hall–Kier alpha value is -4.37. The molecule has 0 aliphatic carbocycles. The lowest BCUT2D eigenvalue weighted by Gasteiger charge is -2.25. The van der Waals surface area contributed by atoms with Gasteiger partial charge in [-0.25, -0.2) is 9.97 Å². The molecule has 0 aliphatic rings. The largest absolute Gasteiger partial charge is 0.437 e. The molecule has 2 heterocycles. The standard InChI is InChI=1S/C33H34F3N5O/c1-21(41(5)20-22-15-17-23(18-16-22)33(34,35)36)24-10-8-12-26-29(24)40-31(38-26)39-27-13-9-19-37-30(27)42-28-14-7-6-11-25(28)32(2,3)4/h6-19,21H,20H2,1-5H3,(H2,38,39,40). The lowest BCUT2D eigenvalue weighted by molar-refractivity contribution is -0.137. The van der Waals surface area contributed by atoms with E-state index in [1.54, 1.807) is 6.20 Å². The van der Waals surface area contributed by atoms with Crippen LogP contribution in [0.25, 0.3) is 11.0 Å². The van der Waals surface area contributed by atoms with E-state index in [2.05, 4.69) is 53.9 Å². The van der Waals surface area contributed by atoms with Gasteiger partial charge >= 0.3 is 6.18 Å². The third-order valence-corrected chi connectivity index (χ3v) is 7.30. The van der Waals surface area contributed by atoms with Gasteiger partial charge in [0.2, 0.25) is 11.8 Å².